The van der Waals surface area contributed by atoms with Gasteiger partial charge >= 0.3 is 0 Å². The molecule has 0 bridgehead atoms. The van der Waals surface area contributed by atoms with Crippen LogP contribution >= 0.6 is 0 Å². The van der Waals surface area contributed by atoms with E-state index < -0.39 is 0 Å². The fourth-order valence-electron chi connectivity index (χ4n) is 1.51. The second-order valence-electron chi connectivity index (χ2n) is 3.44. The summed E-state index contributed by atoms with van der Waals surface area (Å²) in [5.41, 5.74) is 1.15. The molecule has 0 saturated heterocycles. The van der Waals surface area contributed by atoms with Crippen LogP contribution in [0.5, 0.6) is 5.75 Å². The van der Waals surface area contributed by atoms with Crippen LogP contribution in [0.1, 0.15) is 12.0 Å². The molecule has 0 fully saturated rings. The van der Waals surface area contributed by atoms with Gasteiger partial charge in [-0.15, -0.1) is 5.10 Å². The van der Waals surface area contributed by atoms with Gasteiger partial charge in [0.25, 0.3) is 0 Å². The van der Waals surface area contributed by atoms with Crippen LogP contribution in [0.15, 0.2) is 36.7 Å². The van der Waals surface area contributed by atoms with E-state index in [1.165, 1.54) is 0 Å². The Kier molecular flexibility index (Phi) is 2.97. The quantitative estimate of drug-likeness (QED) is 0.821. The van der Waals surface area contributed by atoms with Gasteiger partial charge in [0, 0.05) is 12.7 Å². The lowest BCUT2D eigenvalue weighted by Gasteiger charge is -2.02. The molecule has 4 heteroatoms. The first kappa shape index (κ1) is 9.71. The summed E-state index contributed by atoms with van der Waals surface area (Å²) in [4.78, 5) is 0. The van der Waals surface area contributed by atoms with E-state index in [1.807, 2.05) is 23.0 Å². The zero-order valence-corrected chi connectivity index (χ0v) is 8.37. The van der Waals surface area contributed by atoms with E-state index in [-0.39, 0.29) is 0 Å². The van der Waals surface area contributed by atoms with Crippen molar-refractivity contribution in [1.82, 2.24) is 15.0 Å². The molecule has 15 heavy (non-hydrogen) atoms. The van der Waals surface area contributed by atoms with Crippen molar-refractivity contribution in [3.05, 3.63) is 42.2 Å². The first-order chi connectivity index (χ1) is 7.34. The summed E-state index contributed by atoms with van der Waals surface area (Å²) in [6.45, 7) is 0.857. The highest BCUT2D eigenvalue weighted by Gasteiger charge is 1.96. The van der Waals surface area contributed by atoms with Crippen molar-refractivity contribution in [2.75, 3.05) is 0 Å². The van der Waals surface area contributed by atoms with Gasteiger partial charge in [-0.2, -0.15) is 0 Å². The van der Waals surface area contributed by atoms with Gasteiger partial charge in [0.2, 0.25) is 0 Å². The third-order valence-corrected chi connectivity index (χ3v) is 2.24. The SMILES string of the molecule is Oc1cccc(CCCn2ccnn2)c1. The van der Waals surface area contributed by atoms with Crippen molar-refractivity contribution in [1.29, 1.82) is 0 Å². The van der Waals surface area contributed by atoms with Crippen LogP contribution < -0.4 is 0 Å². The van der Waals surface area contributed by atoms with Crippen molar-refractivity contribution < 1.29 is 5.11 Å². The molecule has 0 unspecified atom stereocenters. The van der Waals surface area contributed by atoms with Gasteiger partial charge in [-0.1, -0.05) is 17.3 Å². The average molecular weight is 203 g/mol. The minimum atomic E-state index is 0.327. The maximum atomic E-state index is 9.27. The number of benzene rings is 1. The Morgan fingerprint density at radius 1 is 1.33 bits per heavy atom. The Hall–Kier alpha value is -1.84. The fourth-order valence-corrected chi connectivity index (χ4v) is 1.51. The summed E-state index contributed by atoms with van der Waals surface area (Å²) >= 11 is 0. The predicted molar refractivity (Wildman–Crippen MR) is 56.4 cm³/mol. The largest absolute Gasteiger partial charge is 0.508 e. The number of hydrogen-bond donors (Lipinski definition) is 1. The summed E-state index contributed by atoms with van der Waals surface area (Å²) in [5.74, 6) is 0.327. The third kappa shape index (κ3) is 2.80. The number of hydrogen-bond acceptors (Lipinski definition) is 3. The standard InChI is InChI=1S/C11H13N3O/c15-11-5-1-3-10(9-11)4-2-7-14-8-6-12-13-14/h1,3,5-6,8-9,15H,2,4,7H2. The summed E-state index contributed by atoms with van der Waals surface area (Å²) < 4.78 is 1.81. The summed E-state index contributed by atoms with van der Waals surface area (Å²) in [7, 11) is 0. The zero-order chi connectivity index (χ0) is 10.5. The third-order valence-electron chi connectivity index (χ3n) is 2.24. The van der Waals surface area contributed by atoms with E-state index >= 15 is 0 Å². The second kappa shape index (κ2) is 4.59. The molecule has 2 aromatic rings. The smallest absolute Gasteiger partial charge is 0.115 e. The Morgan fingerprint density at radius 2 is 2.27 bits per heavy atom. The van der Waals surface area contributed by atoms with Crippen molar-refractivity contribution in [2.45, 2.75) is 19.4 Å². The van der Waals surface area contributed by atoms with E-state index in [0.717, 1.165) is 24.9 Å². The van der Waals surface area contributed by atoms with Crippen molar-refractivity contribution in [3.8, 4) is 5.75 Å². The number of rotatable bonds is 4. The van der Waals surface area contributed by atoms with Gasteiger partial charge in [0.05, 0.1) is 6.20 Å². The van der Waals surface area contributed by atoms with Crippen LogP contribution in [0, 0.1) is 0 Å². The van der Waals surface area contributed by atoms with E-state index in [0.29, 0.717) is 5.75 Å². The Balaban J connectivity index is 1.83. The van der Waals surface area contributed by atoms with Crippen molar-refractivity contribution in [3.63, 3.8) is 0 Å². The lowest BCUT2D eigenvalue weighted by Crippen LogP contribution is -2.00. The van der Waals surface area contributed by atoms with Crippen molar-refractivity contribution >= 4 is 0 Å². The predicted octanol–water partition coefficient (Wildman–Crippen LogP) is 1.62. The van der Waals surface area contributed by atoms with E-state index in [1.54, 1.807) is 18.3 Å². The number of aromatic nitrogens is 3. The molecule has 1 heterocycles. The van der Waals surface area contributed by atoms with Crippen LogP contribution in [0.2, 0.25) is 0 Å². The molecule has 1 aromatic carbocycles. The summed E-state index contributed by atoms with van der Waals surface area (Å²) in [6.07, 6.45) is 5.46. The highest BCUT2D eigenvalue weighted by atomic mass is 16.3. The van der Waals surface area contributed by atoms with Gasteiger partial charge in [-0.3, -0.25) is 4.68 Å². The monoisotopic (exact) mass is 203 g/mol. The van der Waals surface area contributed by atoms with Crippen LogP contribution in [0.4, 0.5) is 0 Å². The van der Waals surface area contributed by atoms with Gasteiger partial charge in [0.15, 0.2) is 0 Å². The number of aryl methyl sites for hydroxylation is 2. The number of phenols is 1. The lowest BCUT2D eigenvalue weighted by atomic mass is 10.1. The Morgan fingerprint density at radius 3 is 3.00 bits per heavy atom. The first-order valence-corrected chi connectivity index (χ1v) is 4.96. The molecule has 0 aliphatic rings. The Labute approximate surface area is 88.2 Å². The summed E-state index contributed by atoms with van der Waals surface area (Å²) in [6, 6.07) is 7.35. The average Bonchev–Trinajstić information content (AvgIpc) is 2.71. The van der Waals surface area contributed by atoms with E-state index in [2.05, 4.69) is 10.3 Å². The number of nitrogens with zero attached hydrogens (tertiary/aromatic N) is 3. The number of phenolic OH excluding ortho intramolecular Hbond substituents is 1. The molecule has 0 aliphatic heterocycles. The highest BCUT2D eigenvalue weighted by molar-refractivity contribution is 5.27. The van der Waals surface area contributed by atoms with Gasteiger partial charge in [0.1, 0.15) is 5.75 Å². The molecule has 4 nitrogen and oxygen atoms in total. The molecular weight excluding hydrogens is 190 g/mol. The Bertz CT molecular complexity index is 412. The first-order valence-electron chi connectivity index (χ1n) is 4.96. The molecule has 0 atom stereocenters. The molecule has 0 amide bonds. The molecule has 2 rings (SSSR count). The van der Waals surface area contributed by atoms with E-state index in [9.17, 15) is 5.11 Å². The van der Waals surface area contributed by atoms with Crippen LogP contribution in [-0.2, 0) is 13.0 Å². The molecule has 1 aromatic heterocycles. The molecule has 78 valence electrons. The second-order valence-corrected chi connectivity index (χ2v) is 3.44. The maximum Gasteiger partial charge on any atom is 0.115 e. The minimum Gasteiger partial charge on any atom is -0.508 e. The molecule has 0 spiro atoms. The maximum absolute atomic E-state index is 9.27. The summed E-state index contributed by atoms with van der Waals surface area (Å²) in [5, 5.41) is 16.9. The van der Waals surface area contributed by atoms with Crippen LogP contribution in [0.3, 0.4) is 0 Å². The minimum absolute atomic E-state index is 0.327. The van der Waals surface area contributed by atoms with Crippen LogP contribution in [0.25, 0.3) is 0 Å². The fraction of sp³-hybridized carbons (Fsp3) is 0.273. The zero-order valence-electron chi connectivity index (χ0n) is 8.37. The molecule has 1 N–H and O–H groups in total. The van der Waals surface area contributed by atoms with Gasteiger partial charge in [-0.25, -0.2) is 0 Å². The molecular formula is C11H13N3O. The highest BCUT2D eigenvalue weighted by Crippen LogP contribution is 2.12. The molecule has 0 aliphatic carbocycles. The lowest BCUT2D eigenvalue weighted by molar-refractivity contribution is 0.474. The normalized spacial score (nSPS) is 10.4. The van der Waals surface area contributed by atoms with Crippen molar-refractivity contribution in [2.24, 2.45) is 0 Å². The van der Waals surface area contributed by atoms with E-state index in [4.69, 9.17) is 0 Å². The van der Waals surface area contributed by atoms with Gasteiger partial charge < -0.3 is 5.11 Å². The number of aromatic hydroxyl groups is 1. The molecule has 0 radical (unpaired) electrons. The molecule has 0 saturated carbocycles. The van der Waals surface area contributed by atoms with Gasteiger partial charge in [-0.05, 0) is 30.5 Å². The van der Waals surface area contributed by atoms with Crippen LogP contribution in [-0.4, -0.2) is 20.1 Å². The topological polar surface area (TPSA) is 50.9 Å².